The maximum atomic E-state index is 12.9. The molecular formula is C16H24FNO. The zero-order valence-electron chi connectivity index (χ0n) is 11.7. The largest absolute Gasteiger partial charge is 0.508 e. The van der Waals surface area contributed by atoms with Crippen LogP contribution in [-0.4, -0.2) is 11.7 Å². The molecule has 1 aromatic rings. The Hall–Kier alpha value is -1.09. The van der Waals surface area contributed by atoms with Crippen molar-refractivity contribution in [2.45, 2.75) is 51.5 Å². The molecule has 0 spiro atoms. The summed E-state index contributed by atoms with van der Waals surface area (Å²) in [5, 5.41) is 13.1. The van der Waals surface area contributed by atoms with Crippen molar-refractivity contribution in [3.05, 3.63) is 29.6 Å². The minimum atomic E-state index is -0.394. The molecule has 0 heterocycles. The van der Waals surface area contributed by atoms with Gasteiger partial charge in [-0.1, -0.05) is 31.7 Å². The number of halogens is 1. The standard InChI is InChI=1S/C16H24FNO/c1-12(15-9-8-14(17)11-16(15)19)18-10-4-7-13-5-2-3-6-13/h8-9,11-13,18-19H,2-7,10H2,1H3. The first-order chi connectivity index (χ1) is 9.16. The van der Waals surface area contributed by atoms with E-state index in [4.69, 9.17) is 0 Å². The van der Waals surface area contributed by atoms with Gasteiger partial charge in [0.15, 0.2) is 0 Å². The van der Waals surface area contributed by atoms with E-state index in [0.717, 1.165) is 18.0 Å². The van der Waals surface area contributed by atoms with Crippen molar-refractivity contribution in [1.82, 2.24) is 5.32 Å². The second-order valence-electron chi connectivity index (χ2n) is 5.67. The van der Waals surface area contributed by atoms with E-state index in [0.29, 0.717) is 0 Å². The van der Waals surface area contributed by atoms with Gasteiger partial charge in [0.05, 0.1) is 0 Å². The molecule has 0 radical (unpaired) electrons. The highest BCUT2D eigenvalue weighted by Crippen LogP contribution is 2.28. The van der Waals surface area contributed by atoms with Crippen LogP contribution in [0.3, 0.4) is 0 Å². The monoisotopic (exact) mass is 265 g/mol. The summed E-state index contributed by atoms with van der Waals surface area (Å²) < 4.78 is 12.9. The molecule has 1 aliphatic carbocycles. The van der Waals surface area contributed by atoms with Crippen LogP contribution in [0.5, 0.6) is 5.75 Å². The molecule has 1 atom stereocenters. The molecular weight excluding hydrogens is 241 g/mol. The van der Waals surface area contributed by atoms with Crippen LogP contribution in [0.15, 0.2) is 18.2 Å². The molecule has 0 bridgehead atoms. The van der Waals surface area contributed by atoms with Gasteiger partial charge >= 0.3 is 0 Å². The van der Waals surface area contributed by atoms with Crippen LogP contribution in [0, 0.1) is 11.7 Å². The van der Waals surface area contributed by atoms with E-state index in [-0.39, 0.29) is 11.8 Å². The Balaban J connectivity index is 1.72. The highest BCUT2D eigenvalue weighted by molar-refractivity contribution is 5.34. The lowest BCUT2D eigenvalue weighted by Gasteiger charge is -2.16. The van der Waals surface area contributed by atoms with Gasteiger partial charge < -0.3 is 10.4 Å². The number of rotatable bonds is 6. The Kier molecular flexibility index (Phi) is 5.20. The third kappa shape index (κ3) is 4.20. The van der Waals surface area contributed by atoms with E-state index in [9.17, 15) is 9.50 Å². The molecule has 2 nitrogen and oxygen atoms in total. The number of phenolic OH excluding ortho intramolecular Hbond substituents is 1. The van der Waals surface area contributed by atoms with Gasteiger partial charge in [0.1, 0.15) is 11.6 Å². The Morgan fingerprint density at radius 1 is 1.37 bits per heavy atom. The summed E-state index contributed by atoms with van der Waals surface area (Å²) in [6, 6.07) is 4.28. The van der Waals surface area contributed by atoms with Crippen LogP contribution in [0.1, 0.15) is 57.1 Å². The molecule has 0 amide bonds. The maximum absolute atomic E-state index is 12.9. The van der Waals surface area contributed by atoms with E-state index in [1.54, 1.807) is 6.07 Å². The first-order valence-electron chi connectivity index (χ1n) is 7.38. The number of hydrogen-bond donors (Lipinski definition) is 2. The molecule has 106 valence electrons. The van der Waals surface area contributed by atoms with E-state index in [1.807, 2.05) is 6.92 Å². The molecule has 3 heteroatoms. The fourth-order valence-electron chi connectivity index (χ4n) is 3.00. The predicted molar refractivity (Wildman–Crippen MR) is 75.7 cm³/mol. The molecule has 1 fully saturated rings. The number of nitrogens with one attached hydrogen (secondary N) is 1. The molecule has 0 aliphatic heterocycles. The summed E-state index contributed by atoms with van der Waals surface area (Å²) in [6.07, 6.45) is 8.07. The summed E-state index contributed by atoms with van der Waals surface area (Å²) in [4.78, 5) is 0. The van der Waals surface area contributed by atoms with Crippen molar-refractivity contribution in [3.8, 4) is 5.75 Å². The second kappa shape index (κ2) is 6.90. The Labute approximate surface area is 115 Å². The lowest BCUT2D eigenvalue weighted by molar-refractivity contribution is 0.434. The Morgan fingerprint density at radius 3 is 2.79 bits per heavy atom. The molecule has 0 aromatic heterocycles. The van der Waals surface area contributed by atoms with Gasteiger partial charge in [-0.05, 0) is 38.3 Å². The quantitative estimate of drug-likeness (QED) is 0.757. The Bertz CT molecular complexity index is 402. The smallest absolute Gasteiger partial charge is 0.126 e. The second-order valence-corrected chi connectivity index (χ2v) is 5.67. The molecule has 1 unspecified atom stereocenters. The SMILES string of the molecule is CC(NCCCC1CCCC1)c1ccc(F)cc1O. The van der Waals surface area contributed by atoms with Gasteiger partial charge in [-0.3, -0.25) is 0 Å². The van der Waals surface area contributed by atoms with Crippen molar-refractivity contribution >= 4 is 0 Å². The van der Waals surface area contributed by atoms with Crippen molar-refractivity contribution < 1.29 is 9.50 Å². The number of phenols is 1. The minimum Gasteiger partial charge on any atom is -0.508 e. The van der Waals surface area contributed by atoms with Crippen molar-refractivity contribution in [3.63, 3.8) is 0 Å². The average Bonchev–Trinajstić information content (AvgIpc) is 2.87. The predicted octanol–water partition coefficient (Wildman–Crippen LogP) is 4.15. The lowest BCUT2D eigenvalue weighted by atomic mass is 10.0. The van der Waals surface area contributed by atoms with Crippen LogP contribution in [-0.2, 0) is 0 Å². The molecule has 1 saturated carbocycles. The topological polar surface area (TPSA) is 32.3 Å². The zero-order chi connectivity index (χ0) is 13.7. The van der Waals surface area contributed by atoms with E-state index >= 15 is 0 Å². The van der Waals surface area contributed by atoms with E-state index in [1.165, 1.54) is 50.7 Å². The summed E-state index contributed by atoms with van der Waals surface area (Å²) >= 11 is 0. The normalized spacial score (nSPS) is 17.8. The van der Waals surface area contributed by atoms with E-state index in [2.05, 4.69) is 5.32 Å². The molecule has 19 heavy (non-hydrogen) atoms. The highest BCUT2D eigenvalue weighted by atomic mass is 19.1. The van der Waals surface area contributed by atoms with Crippen LogP contribution < -0.4 is 5.32 Å². The third-order valence-electron chi connectivity index (χ3n) is 4.17. The van der Waals surface area contributed by atoms with Crippen LogP contribution >= 0.6 is 0 Å². The molecule has 0 saturated heterocycles. The fourth-order valence-corrected chi connectivity index (χ4v) is 3.00. The number of hydrogen-bond acceptors (Lipinski definition) is 2. The van der Waals surface area contributed by atoms with Gasteiger partial charge in [-0.25, -0.2) is 4.39 Å². The van der Waals surface area contributed by atoms with Crippen molar-refractivity contribution in [1.29, 1.82) is 0 Å². The van der Waals surface area contributed by atoms with Gasteiger partial charge in [0.25, 0.3) is 0 Å². The number of aromatic hydroxyl groups is 1. The van der Waals surface area contributed by atoms with Crippen molar-refractivity contribution in [2.24, 2.45) is 5.92 Å². The van der Waals surface area contributed by atoms with Crippen LogP contribution in [0.4, 0.5) is 4.39 Å². The Morgan fingerprint density at radius 2 is 2.11 bits per heavy atom. The maximum Gasteiger partial charge on any atom is 0.126 e. The van der Waals surface area contributed by atoms with Gasteiger partial charge in [0, 0.05) is 17.7 Å². The zero-order valence-corrected chi connectivity index (χ0v) is 11.7. The lowest BCUT2D eigenvalue weighted by Crippen LogP contribution is -2.20. The van der Waals surface area contributed by atoms with Gasteiger partial charge in [-0.15, -0.1) is 0 Å². The summed E-state index contributed by atoms with van der Waals surface area (Å²) in [7, 11) is 0. The first kappa shape index (κ1) is 14.3. The molecule has 1 aliphatic rings. The minimum absolute atomic E-state index is 0.0378. The highest BCUT2D eigenvalue weighted by Gasteiger charge is 2.15. The van der Waals surface area contributed by atoms with Crippen LogP contribution in [0.2, 0.25) is 0 Å². The third-order valence-corrected chi connectivity index (χ3v) is 4.17. The molecule has 2 N–H and O–H groups in total. The molecule has 2 rings (SSSR count). The van der Waals surface area contributed by atoms with Gasteiger partial charge in [0.2, 0.25) is 0 Å². The van der Waals surface area contributed by atoms with Crippen molar-refractivity contribution in [2.75, 3.05) is 6.54 Å². The van der Waals surface area contributed by atoms with E-state index < -0.39 is 5.82 Å². The fraction of sp³-hybridized carbons (Fsp3) is 0.625. The number of benzene rings is 1. The first-order valence-corrected chi connectivity index (χ1v) is 7.38. The molecule has 1 aromatic carbocycles. The average molecular weight is 265 g/mol. The van der Waals surface area contributed by atoms with Gasteiger partial charge in [-0.2, -0.15) is 0 Å². The summed E-state index contributed by atoms with van der Waals surface area (Å²) in [5.41, 5.74) is 0.766. The summed E-state index contributed by atoms with van der Waals surface area (Å²) in [5.74, 6) is 0.571. The van der Waals surface area contributed by atoms with Crippen LogP contribution in [0.25, 0.3) is 0 Å². The summed E-state index contributed by atoms with van der Waals surface area (Å²) in [6.45, 7) is 2.96.